The average molecular weight is 282 g/mol. The molecule has 1 aromatic carbocycles. The van der Waals surface area contributed by atoms with Crippen molar-refractivity contribution in [2.45, 2.75) is 33.4 Å². The number of rotatable bonds is 5. The smallest absolute Gasteiger partial charge is 0.268 e. The van der Waals surface area contributed by atoms with E-state index in [1.165, 1.54) is 0 Å². The summed E-state index contributed by atoms with van der Waals surface area (Å²) >= 11 is 0. The van der Waals surface area contributed by atoms with Crippen LogP contribution in [-0.4, -0.2) is 10.5 Å². The lowest BCUT2D eigenvalue weighted by Gasteiger charge is -2.16. The van der Waals surface area contributed by atoms with Gasteiger partial charge in [0.25, 0.3) is 5.91 Å². The Balaban J connectivity index is 2.23. The van der Waals surface area contributed by atoms with Gasteiger partial charge in [0, 0.05) is 12.2 Å². The summed E-state index contributed by atoms with van der Waals surface area (Å²) in [6.45, 7) is 10.4. The largest absolute Gasteiger partial charge is 0.344 e. The van der Waals surface area contributed by atoms with Gasteiger partial charge in [-0.1, -0.05) is 36.4 Å². The third-order valence-electron chi connectivity index (χ3n) is 3.67. The van der Waals surface area contributed by atoms with Gasteiger partial charge < -0.3 is 9.88 Å². The van der Waals surface area contributed by atoms with Crippen LogP contribution in [0.2, 0.25) is 0 Å². The average Bonchev–Trinajstić information content (AvgIpc) is 2.74. The molecule has 0 saturated carbocycles. The van der Waals surface area contributed by atoms with Crippen LogP contribution in [0.5, 0.6) is 0 Å². The molecule has 2 aromatic rings. The van der Waals surface area contributed by atoms with E-state index in [0.717, 1.165) is 22.5 Å². The minimum atomic E-state index is -0.0428. The molecule has 0 fully saturated rings. The Labute approximate surface area is 126 Å². The fourth-order valence-electron chi connectivity index (χ4n) is 2.60. The molecule has 0 spiro atoms. The predicted octanol–water partition coefficient (Wildman–Crippen LogP) is 3.78. The fourth-order valence-corrected chi connectivity index (χ4v) is 2.60. The molecule has 110 valence electrons. The molecule has 0 aliphatic rings. The van der Waals surface area contributed by atoms with E-state index in [4.69, 9.17) is 0 Å². The summed E-state index contributed by atoms with van der Waals surface area (Å²) in [4.78, 5) is 12.6. The third-order valence-corrected chi connectivity index (χ3v) is 3.67. The van der Waals surface area contributed by atoms with Gasteiger partial charge in [0.15, 0.2) is 0 Å². The number of carbonyl (C=O) groups excluding carboxylic acids is 1. The molecule has 3 nitrogen and oxygen atoms in total. The number of hydrogen-bond donors (Lipinski definition) is 1. The fraction of sp³-hybridized carbons (Fsp3) is 0.278. The van der Waals surface area contributed by atoms with Gasteiger partial charge in [-0.3, -0.25) is 4.79 Å². The van der Waals surface area contributed by atoms with Crippen LogP contribution in [0, 0.1) is 13.8 Å². The van der Waals surface area contributed by atoms with Crippen molar-refractivity contribution < 1.29 is 4.79 Å². The van der Waals surface area contributed by atoms with Crippen molar-refractivity contribution in [3.05, 3.63) is 71.6 Å². The first kappa shape index (κ1) is 15.1. The molecule has 1 heterocycles. The van der Waals surface area contributed by atoms with Crippen molar-refractivity contribution in [3.8, 4) is 0 Å². The zero-order chi connectivity index (χ0) is 15.4. The summed E-state index contributed by atoms with van der Waals surface area (Å²) in [7, 11) is 0. The molecular formula is C18H22N2O. The van der Waals surface area contributed by atoms with Gasteiger partial charge in [0.1, 0.15) is 5.69 Å². The van der Waals surface area contributed by atoms with Crippen LogP contribution >= 0.6 is 0 Å². The molecule has 1 N–H and O–H groups in total. The van der Waals surface area contributed by atoms with Crippen molar-refractivity contribution in [1.82, 2.24) is 9.88 Å². The van der Waals surface area contributed by atoms with Gasteiger partial charge in [0.05, 0.1) is 6.04 Å². The second kappa shape index (κ2) is 6.44. The Bertz CT molecular complexity index is 641. The van der Waals surface area contributed by atoms with Gasteiger partial charge in [0.2, 0.25) is 0 Å². The lowest BCUT2D eigenvalue weighted by Crippen LogP contribution is -2.29. The molecule has 0 radical (unpaired) electrons. The summed E-state index contributed by atoms with van der Waals surface area (Å²) in [5, 5.41) is 3.07. The first-order valence-electron chi connectivity index (χ1n) is 7.18. The molecule has 1 unspecified atom stereocenters. The summed E-state index contributed by atoms with van der Waals surface area (Å²) in [6, 6.07) is 12.0. The highest BCUT2D eigenvalue weighted by Gasteiger charge is 2.18. The summed E-state index contributed by atoms with van der Waals surface area (Å²) < 4.78 is 2.00. The van der Waals surface area contributed by atoms with Gasteiger partial charge in [-0.15, -0.1) is 6.58 Å². The molecule has 2 rings (SSSR count). The van der Waals surface area contributed by atoms with Gasteiger partial charge in [-0.25, -0.2) is 0 Å². The summed E-state index contributed by atoms with van der Waals surface area (Å²) in [5.41, 5.74) is 3.88. The van der Waals surface area contributed by atoms with Crippen molar-refractivity contribution in [1.29, 1.82) is 0 Å². The van der Waals surface area contributed by atoms with E-state index in [-0.39, 0.29) is 11.9 Å². The van der Waals surface area contributed by atoms with Crippen molar-refractivity contribution in [3.63, 3.8) is 0 Å². The highest BCUT2D eigenvalue weighted by atomic mass is 16.2. The minimum absolute atomic E-state index is 0.0227. The number of amides is 1. The molecule has 1 aromatic heterocycles. The van der Waals surface area contributed by atoms with Crippen LogP contribution in [-0.2, 0) is 6.54 Å². The molecule has 1 amide bonds. The monoisotopic (exact) mass is 282 g/mol. The Hall–Kier alpha value is -2.29. The Morgan fingerprint density at radius 3 is 2.62 bits per heavy atom. The number of carbonyl (C=O) groups is 1. The zero-order valence-corrected chi connectivity index (χ0v) is 12.9. The van der Waals surface area contributed by atoms with Crippen LogP contribution in [0.15, 0.2) is 49.1 Å². The van der Waals surface area contributed by atoms with E-state index in [0.29, 0.717) is 6.54 Å². The Morgan fingerprint density at radius 1 is 1.33 bits per heavy atom. The maximum atomic E-state index is 12.6. The second-order valence-electron chi connectivity index (χ2n) is 5.32. The van der Waals surface area contributed by atoms with Gasteiger partial charge in [-0.2, -0.15) is 0 Å². The molecule has 0 saturated heterocycles. The maximum absolute atomic E-state index is 12.6. The standard InChI is InChI=1S/C18H22N2O/c1-5-11-20-14(3)12-13(2)17(20)18(21)19-15(4)16-9-7-6-8-10-16/h5-10,12,15H,1,11H2,2-4H3,(H,19,21). The van der Waals surface area contributed by atoms with Crippen molar-refractivity contribution in [2.24, 2.45) is 0 Å². The Kier molecular flexibility index (Phi) is 4.63. The quantitative estimate of drug-likeness (QED) is 0.832. The molecular weight excluding hydrogens is 260 g/mol. The molecule has 0 bridgehead atoms. The highest BCUT2D eigenvalue weighted by molar-refractivity contribution is 5.94. The molecule has 1 atom stereocenters. The first-order valence-corrected chi connectivity index (χ1v) is 7.18. The van der Waals surface area contributed by atoms with E-state index < -0.39 is 0 Å². The van der Waals surface area contributed by atoms with E-state index in [9.17, 15) is 4.79 Å². The number of benzene rings is 1. The number of aryl methyl sites for hydroxylation is 2. The van der Waals surface area contributed by atoms with E-state index in [1.54, 1.807) is 0 Å². The molecule has 3 heteroatoms. The van der Waals surface area contributed by atoms with Crippen LogP contribution in [0.3, 0.4) is 0 Å². The van der Waals surface area contributed by atoms with E-state index in [1.807, 2.05) is 67.8 Å². The minimum Gasteiger partial charge on any atom is -0.344 e. The van der Waals surface area contributed by atoms with E-state index >= 15 is 0 Å². The van der Waals surface area contributed by atoms with Crippen LogP contribution in [0.4, 0.5) is 0 Å². The zero-order valence-electron chi connectivity index (χ0n) is 12.9. The molecule has 0 aliphatic carbocycles. The number of aromatic nitrogens is 1. The van der Waals surface area contributed by atoms with Crippen LogP contribution < -0.4 is 5.32 Å². The molecule has 21 heavy (non-hydrogen) atoms. The maximum Gasteiger partial charge on any atom is 0.268 e. The topological polar surface area (TPSA) is 34.0 Å². The first-order chi connectivity index (χ1) is 10.0. The highest BCUT2D eigenvalue weighted by Crippen LogP contribution is 2.17. The van der Waals surface area contributed by atoms with Crippen molar-refractivity contribution >= 4 is 5.91 Å². The van der Waals surface area contributed by atoms with E-state index in [2.05, 4.69) is 11.9 Å². The predicted molar refractivity (Wildman–Crippen MR) is 86.4 cm³/mol. The lowest BCUT2D eigenvalue weighted by atomic mass is 10.1. The van der Waals surface area contributed by atoms with Crippen LogP contribution in [0.25, 0.3) is 0 Å². The third kappa shape index (κ3) is 3.24. The number of nitrogens with zero attached hydrogens (tertiary/aromatic N) is 1. The second-order valence-corrected chi connectivity index (χ2v) is 5.32. The van der Waals surface area contributed by atoms with Crippen LogP contribution in [0.1, 0.15) is 40.3 Å². The summed E-state index contributed by atoms with van der Waals surface area (Å²) in [6.07, 6.45) is 1.81. The SMILES string of the molecule is C=CCn1c(C)cc(C)c1C(=O)NC(C)c1ccccc1. The normalized spacial score (nSPS) is 12.0. The number of hydrogen-bond acceptors (Lipinski definition) is 1. The molecule has 0 aliphatic heterocycles. The van der Waals surface area contributed by atoms with Crippen molar-refractivity contribution in [2.75, 3.05) is 0 Å². The number of allylic oxidation sites excluding steroid dienone is 1. The van der Waals surface area contributed by atoms with Gasteiger partial charge >= 0.3 is 0 Å². The lowest BCUT2D eigenvalue weighted by molar-refractivity contribution is 0.0930. The number of nitrogens with one attached hydrogen (secondary N) is 1. The van der Waals surface area contributed by atoms with Gasteiger partial charge in [-0.05, 0) is 38.0 Å². The Morgan fingerprint density at radius 2 is 2.00 bits per heavy atom. The summed E-state index contributed by atoms with van der Waals surface area (Å²) in [5.74, 6) is -0.0428.